The van der Waals surface area contributed by atoms with Crippen molar-refractivity contribution in [1.29, 1.82) is 0 Å². The largest absolute Gasteiger partial charge is 0.460 e. The third-order valence-corrected chi connectivity index (χ3v) is 13.5. The van der Waals surface area contributed by atoms with E-state index in [0.29, 0.717) is 12.8 Å². The summed E-state index contributed by atoms with van der Waals surface area (Å²) in [6, 6.07) is 0.780. The number of alkyl halides is 9. The molecule has 0 atom stereocenters. The molecule has 0 aromatic rings. The maximum Gasteiger partial charge on any atom is 0.460 e. The molecule has 0 N–H and O–H groups in total. The first-order chi connectivity index (χ1) is 15.8. The fraction of sp³-hybridized carbons (Fsp3) is 0.944. The van der Waals surface area contributed by atoms with Gasteiger partial charge < -0.3 is 9.02 Å². The van der Waals surface area contributed by atoms with Gasteiger partial charge in [-0.1, -0.05) is 6.42 Å². The summed E-state index contributed by atoms with van der Waals surface area (Å²) in [4.78, 5) is 13.4. The molecule has 36 heavy (non-hydrogen) atoms. The quantitative estimate of drug-likeness (QED) is 0.188. The van der Waals surface area contributed by atoms with Gasteiger partial charge in [0.2, 0.25) is 5.91 Å². The van der Waals surface area contributed by atoms with E-state index >= 15 is 0 Å². The molecule has 1 fully saturated rings. The van der Waals surface area contributed by atoms with Crippen molar-refractivity contribution in [3.8, 4) is 0 Å². The third kappa shape index (κ3) is 7.16. The van der Waals surface area contributed by atoms with Crippen LogP contribution in [0.2, 0.25) is 38.8 Å². The predicted molar refractivity (Wildman–Crippen MR) is 119 cm³/mol. The molecule has 0 saturated carbocycles. The smallest absolute Gasteiger partial charge is 0.456 e. The van der Waals surface area contributed by atoms with Crippen LogP contribution in [0, 0.1) is 0 Å². The first kappa shape index (κ1) is 33.2. The first-order valence-electron chi connectivity index (χ1n) is 11.0. The SMILES string of the molecule is C[Si](C)(C)O[Si](C)(C)CCCCC(=O)N1CCN(S(=O)(=O)C(F)(F)C(F)(F)C(F)(F)C(F)(F)F)CC1. The summed E-state index contributed by atoms with van der Waals surface area (Å²) in [6.07, 6.45) is -5.96. The minimum Gasteiger partial charge on any atom is -0.456 e. The number of carbonyl (C=O) groups excluding carboxylic acids is 1. The van der Waals surface area contributed by atoms with Crippen molar-refractivity contribution in [3.63, 3.8) is 0 Å². The minimum absolute atomic E-state index is 0.0379. The summed E-state index contributed by atoms with van der Waals surface area (Å²) >= 11 is 0. The lowest BCUT2D eigenvalue weighted by atomic mass is 10.1. The number of hydrogen-bond donors (Lipinski definition) is 0. The maximum atomic E-state index is 14.0. The minimum atomic E-state index is -7.31. The van der Waals surface area contributed by atoms with Gasteiger partial charge in [-0.3, -0.25) is 4.79 Å². The lowest BCUT2D eigenvalue weighted by Crippen LogP contribution is -2.66. The Kier molecular flexibility index (Phi) is 9.88. The fourth-order valence-electron chi connectivity index (χ4n) is 3.73. The number of amides is 1. The zero-order valence-corrected chi connectivity index (χ0v) is 23.3. The van der Waals surface area contributed by atoms with E-state index in [2.05, 4.69) is 32.7 Å². The predicted octanol–water partition coefficient (Wildman–Crippen LogP) is 5.11. The van der Waals surface area contributed by atoms with Crippen LogP contribution in [-0.4, -0.2) is 89.6 Å². The van der Waals surface area contributed by atoms with Crippen LogP contribution >= 0.6 is 0 Å². The number of sulfonamides is 1. The average molecular weight is 599 g/mol. The second-order valence-corrected chi connectivity index (χ2v) is 21.2. The van der Waals surface area contributed by atoms with Gasteiger partial charge in [-0.2, -0.15) is 43.8 Å². The highest BCUT2D eigenvalue weighted by atomic mass is 32.2. The van der Waals surface area contributed by atoms with Crippen LogP contribution in [-0.2, 0) is 18.9 Å². The van der Waals surface area contributed by atoms with Crippen molar-refractivity contribution < 1.29 is 56.8 Å². The molecular formula is C18H31F9N2O4SSi2. The Morgan fingerprint density at radius 1 is 0.806 bits per heavy atom. The summed E-state index contributed by atoms with van der Waals surface area (Å²) in [5, 5.41) is -6.76. The van der Waals surface area contributed by atoms with E-state index in [1.807, 2.05) is 0 Å². The number of hydrogen-bond acceptors (Lipinski definition) is 4. The van der Waals surface area contributed by atoms with Crippen molar-refractivity contribution in [1.82, 2.24) is 9.21 Å². The summed E-state index contributed by atoms with van der Waals surface area (Å²) in [7, 11) is -10.3. The molecule has 0 spiro atoms. The van der Waals surface area contributed by atoms with Crippen molar-refractivity contribution in [2.24, 2.45) is 0 Å². The Morgan fingerprint density at radius 2 is 1.28 bits per heavy atom. The molecule has 0 aliphatic carbocycles. The number of piperazine rings is 1. The molecule has 214 valence electrons. The second-order valence-electron chi connectivity index (χ2n) is 10.1. The first-order valence-corrected chi connectivity index (χ1v) is 18.9. The normalized spacial score (nSPS) is 18.0. The Bertz CT molecular complexity index is 886. The molecule has 1 rings (SSSR count). The Labute approximate surface area is 206 Å². The van der Waals surface area contributed by atoms with Crippen LogP contribution in [0.4, 0.5) is 39.5 Å². The number of nitrogens with zero attached hydrogens (tertiary/aromatic N) is 2. The summed E-state index contributed by atoms with van der Waals surface area (Å²) in [5.74, 6) is -15.1. The Balaban J connectivity index is 2.75. The maximum absolute atomic E-state index is 14.0. The Morgan fingerprint density at radius 3 is 1.69 bits per heavy atom. The standard InChI is InChI=1S/C18H31F9N2O4SSi2/c1-35(2,3)33-36(4,5)13-7-6-8-14(30)28-9-11-29(12-10-28)34(31,32)18(26,27)16(21,22)15(19,20)17(23,24)25/h6-13H2,1-5H3. The molecule has 0 unspecified atom stereocenters. The molecular weight excluding hydrogens is 567 g/mol. The van der Waals surface area contributed by atoms with Crippen LogP contribution in [0.3, 0.4) is 0 Å². The van der Waals surface area contributed by atoms with Gasteiger partial charge in [-0.05, 0) is 45.2 Å². The zero-order chi connectivity index (χ0) is 28.6. The van der Waals surface area contributed by atoms with E-state index < -0.39 is 82.0 Å². The molecule has 0 aromatic carbocycles. The highest BCUT2D eigenvalue weighted by Gasteiger charge is 2.85. The van der Waals surface area contributed by atoms with E-state index in [-0.39, 0.29) is 10.7 Å². The van der Waals surface area contributed by atoms with Crippen molar-refractivity contribution in [3.05, 3.63) is 0 Å². The van der Waals surface area contributed by atoms with Crippen molar-refractivity contribution in [2.45, 2.75) is 81.3 Å². The Hall–Kier alpha value is -0.856. The molecule has 6 nitrogen and oxygen atoms in total. The zero-order valence-electron chi connectivity index (χ0n) is 20.5. The lowest BCUT2D eigenvalue weighted by Gasteiger charge is -2.38. The number of unbranched alkanes of at least 4 members (excludes halogenated alkanes) is 1. The van der Waals surface area contributed by atoms with Gasteiger partial charge in [-0.25, -0.2) is 8.42 Å². The number of carbonyl (C=O) groups is 1. The number of halogens is 9. The van der Waals surface area contributed by atoms with Crippen LogP contribution < -0.4 is 0 Å². The fourth-order valence-corrected chi connectivity index (χ4v) is 13.3. The van der Waals surface area contributed by atoms with Crippen LogP contribution in [0.5, 0.6) is 0 Å². The van der Waals surface area contributed by atoms with Gasteiger partial charge in [0, 0.05) is 32.6 Å². The van der Waals surface area contributed by atoms with E-state index in [9.17, 15) is 52.7 Å². The van der Waals surface area contributed by atoms with E-state index in [1.54, 1.807) is 0 Å². The molecule has 1 heterocycles. The second kappa shape index (κ2) is 10.7. The molecule has 0 bridgehead atoms. The van der Waals surface area contributed by atoms with Gasteiger partial charge in [0.1, 0.15) is 0 Å². The average Bonchev–Trinajstić information content (AvgIpc) is 2.68. The summed E-state index contributed by atoms with van der Waals surface area (Å²) < 4.78 is 148. The number of rotatable bonds is 11. The van der Waals surface area contributed by atoms with Crippen LogP contribution in [0.1, 0.15) is 19.3 Å². The van der Waals surface area contributed by atoms with Gasteiger partial charge in [0.25, 0.3) is 10.0 Å². The monoisotopic (exact) mass is 598 g/mol. The molecule has 18 heteroatoms. The lowest BCUT2D eigenvalue weighted by molar-refractivity contribution is -0.382. The van der Waals surface area contributed by atoms with Crippen LogP contribution in [0.25, 0.3) is 0 Å². The molecule has 0 aromatic heterocycles. The topological polar surface area (TPSA) is 66.9 Å². The molecule has 1 amide bonds. The third-order valence-electron chi connectivity index (χ3n) is 5.37. The van der Waals surface area contributed by atoms with Gasteiger partial charge >= 0.3 is 23.3 Å². The van der Waals surface area contributed by atoms with Gasteiger partial charge in [0.15, 0.2) is 16.6 Å². The highest BCUT2D eigenvalue weighted by Crippen LogP contribution is 2.55. The van der Waals surface area contributed by atoms with E-state index in [0.717, 1.165) is 10.9 Å². The van der Waals surface area contributed by atoms with Crippen molar-refractivity contribution in [2.75, 3.05) is 26.2 Å². The van der Waals surface area contributed by atoms with E-state index in [4.69, 9.17) is 4.12 Å². The van der Waals surface area contributed by atoms with Gasteiger partial charge in [-0.15, -0.1) is 0 Å². The molecule has 0 radical (unpaired) electrons. The summed E-state index contributed by atoms with van der Waals surface area (Å²) in [6.45, 7) is 7.30. The van der Waals surface area contributed by atoms with Crippen LogP contribution in [0.15, 0.2) is 0 Å². The molecule has 1 aliphatic rings. The molecule has 1 saturated heterocycles. The van der Waals surface area contributed by atoms with Crippen molar-refractivity contribution >= 4 is 32.6 Å². The summed E-state index contributed by atoms with van der Waals surface area (Å²) in [5.41, 5.74) is 0. The highest BCUT2D eigenvalue weighted by molar-refractivity contribution is 7.90. The van der Waals surface area contributed by atoms with Gasteiger partial charge in [0.05, 0.1) is 0 Å². The van der Waals surface area contributed by atoms with E-state index in [1.165, 1.54) is 0 Å². The molecule has 1 aliphatic heterocycles.